The van der Waals surface area contributed by atoms with Crippen molar-refractivity contribution in [3.05, 3.63) is 23.9 Å². The number of nitrogens with one attached hydrogen (secondary N) is 1. The van der Waals surface area contributed by atoms with E-state index in [1.165, 1.54) is 12.0 Å². The van der Waals surface area contributed by atoms with Crippen molar-refractivity contribution in [2.75, 3.05) is 38.3 Å². The Kier molecular flexibility index (Phi) is 5.80. The van der Waals surface area contributed by atoms with Gasteiger partial charge in [0.25, 0.3) is 0 Å². The van der Waals surface area contributed by atoms with Crippen LogP contribution in [0.3, 0.4) is 0 Å². The van der Waals surface area contributed by atoms with Gasteiger partial charge < -0.3 is 15.0 Å². The highest BCUT2D eigenvalue weighted by atomic mass is 16.5. The smallest absolute Gasteiger partial charge is 0.128 e. The molecular weight excluding hydrogens is 250 g/mol. The normalized spacial score (nSPS) is 23.1. The summed E-state index contributed by atoms with van der Waals surface area (Å²) in [5.74, 6) is 2.64. The topological polar surface area (TPSA) is 37.4 Å². The van der Waals surface area contributed by atoms with Crippen LogP contribution in [-0.2, 0) is 11.3 Å². The number of methoxy groups -OCH3 is 1. The molecule has 1 aliphatic rings. The van der Waals surface area contributed by atoms with E-state index >= 15 is 0 Å². The van der Waals surface area contributed by atoms with Crippen LogP contribution < -0.4 is 10.2 Å². The largest absolute Gasteiger partial charge is 0.383 e. The maximum atomic E-state index is 5.01. The summed E-state index contributed by atoms with van der Waals surface area (Å²) >= 11 is 0. The predicted octanol–water partition coefficient (Wildman–Crippen LogP) is 2.30. The minimum Gasteiger partial charge on any atom is -0.383 e. The number of anilines is 1. The average molecular weight is 277 g/mol. The first-order valence-corrected chi connectivity index (χ1v) is 7.58. The van der Waals surface area contributed by atoms with Gasteiger partial charge in [0.1, 0.15) is 5.82 Å². The van der Waals surface area contributed by atoms with Crippen molar-refractivity contribution < 1.29 is 4.74 Å². The van der Waals surface area contributed by atoms with E-state index in [2.05, 4.69) is 41.2 Å². The standard InChI is InChI=1S/C16H27N3O/c1-13-8-14(2)12-19(11-13)16-5-4-15(10-18-16)9-17-6-7-20-3/h4-5,10,13-14,17H,6-9,11-12H2,1-3H3. The fraction of sp³-hybridized carbons (Fsp3) is 0.688. The first kappa shape index (κ1) is 15.3. The molecule has 112 valence electrons. The number of hydrogen-bond acceptors (Lipinski definition) is 4. The zero-order chi connectivity index (χ0) is 14.4. The molecule has 1 fully saturated rings. The van der Waals surface area contributed by atoms with Crippen LogP contribution in [0.5, 0.6) is 0 Å². The van der Waals surface area contributed by atoms with Crippen LogP contribution in [0.15, 0.2) is 18.3 Å². The van der Waals surface area contributed by atoms with Crippen LogP contribution in [0.4, 0.5) is 5.82 Å². The van der Waals surface area contributed by atoms with Crippen LogP contribution in [0.2, 0.25) is 0 Å². The zero-order valence-corrected chi connectivity index (χ0v) is 12.9. The van der Waals surface area contributed by atoms with E-state index in [0.29, 0.717) is 0 Å². The SMILES string of the molecule is COCCNCc1ccc(N2CC(C)CC(C)C2)nc1. The molecule has 2 heterocycles. The van der Waals surface area contributed by atoms with Crippen molar-refractivity contribution >= 4 is 5.82 Å². The zero-order valence-electron chi connectivity index (χ0n) is 12.9. The minimum atomic E-state index is 0.745. The molecule has 0 spiro atoms. The molecular formula is C16H27N3O. The Hall–Kier alpha value is -1.13. The number of pyridine rings is 1. The third-order valence-corrected chi connectivity index (χ3v) is 3.81. The molecule has 0 bridgehead atoms. The Balaban J connectivity index is 1.87. The summed E-state index contributed by atoms with van der Waals surface area (Å²) in [6.45, 7) is 9.39. The molecule has 1 saturated heterocycles. The van der Waals surface area contributed by atoms with Crippen LogP contribution in [0.25, 0.3) is 0 Å². The van der Waals surface area contributed by atoms with Crippen LogP contribution in [-0.4, -0.2) is 38.3 Å². The van der Waals surface area contributed by atoms with Crippen molar-refractivity contribution in [1.82, 2.24) is 10.3 Å². The first-order valence-electron chi connectivity index (χ1n) is 7.58. The molecule has 1 N–H and O–H groups in total. The van der Waals surface area contributed by atoms with Gasteiger partial charge >= 0.3 is 0 Å². The lowest BCUT2D eigenvalue weighted by atomic mass is 9.92. The van der Waals surface area contributed by atoms with Gasteiger partial charge in [0.15, 0.2) is 0 Å². The molecule has 2 atom stereocenters. The maximum Gasteiger partial charge on any atom is 0.128 e. The van der Waals surface area contributed by atoms with Crippen molar-refractivity contribution in [2.45, 2.75) is 26.8 Å². The fourth-order valence-corrected chi connectivity index (χ4v) is 2.97. The third-order valence-electron chi connectivity index (χ3n) is 3.81. The van der Waals surface area contributed by atoms with E-state index in [1.807, 2.05) is 6.20 Å². The molecule has 2 rings (SSSR count). The summed E-state index contributed by atoms with van der Waals surface area (Å²) in [5.41, 5.74) is 1.22. The summed E-state index contributed by atoms with van der Waals surface area (Å²) in [7, 11) is 1.72. The lowest BCUT2D eigenvalue weighted by Gasteiger charge is -2.35. The number of rotatable bonds is 6. The highest BCUT2D eigenvalue weighted by molar-refractivity contribution is 5.40. The summed E-state index contributed by atoms with van der Waals surface area (Å²) in [4.78, 5) is 7.04. The molecule has 0 radical (unpaired) electrons. The van der Waals surface area contributed by atoms with Gasteiger partial charge in [0.2, 0.25) is 0 Å². The number of aromatic nitrogens is 1. The monoisotopic (exact) mass is 277 g/mol. The second-order valence-electron chi connectivity index (χ2n) is 6.05. The Morgan fingerprint density at radius 1 is 1.30 bits per heavy atom. The number of piperidine rings is 1. The summed E-state index contributed by atoms with van der Waals surface area (Å²) in [6, 6.07) is 4.32. The molecule has 2 unspecified atom stereocenters. The molecule has 4 nitrogen and oxygen atoms in total. The van der Waals surface area contributed by atoms with E-state index in [0.717, 1.165) is 50.4 Å². The van der Waals surface area contributed by atoms with Gasteiger partial charge in [-0.3, -0.25) is 0 Å². The van der Waals surface area contributed by atoms with Gasteiger partial charge in [-0.2, -0.15) is 0 Å². The second kappa shape index (κ2) is 7.60. The van der Waals surface area contributed by atoms with Gasteiger partial charge in [0, 0.05) is 39.5 Å². The van der Waals surface area contributed by atoms with Crippen LogP contribution in [0, 0.1) is 11.8 Å². The maximum absolute atomic E-state index is 5.01. The Labute approximate surface area is 122 Å². The molecule has 4 heteroatoms. The number of nitrogens with zero attached hydrogens (tertiary/aromatic N) is 2. The van der Waals surface area contributed by atoms with Gasteiger partial charge in [-0.25, -0.2) is 4.98 Å². The Morgan fingerprint density at radius 3 is 2.65 bits per heavy atom. The molecule has 1 aromatic rings. The van der Waals surface area contributed by atoms with E-state index in [4.69, 9.17) is 4.74 Å². The van der Waals surface area contributed by atoms with Gasteiger partial charge in [-0.05, 0) is 29.9 Å². The first-order chi connectivity index (χ1) is 9.69. The molecule has 0 amide bonds. The molecule has 0 aromatic carbocycles. The van der Waals surface area contributed by atoms with Crippen molar-refractivity contribution in [1.29, 1.82) is 0 Å². The van der Waals surface area contributed by atoms with Crippen molar-refractivity contribution in [2.24, 2.45) is 11.8 Å². The lowest BCUT2D eigenvalue weighted by Crippen LogP contribution is -2.39. The molecule has 0 saturated carbocycles. The highest BCUT2D eigenvalue weighted by Gasteiger charge is 2.22. The van der Waals surface area contributed by atoms with Crippen molar-refractivity contribution in [3.63, 3.8) is 0 Å². The van der Waals surface area contributed by atoms with E-state index in [-0.39, 0.29) is 0 Å². The van der Waals surface area contributed by atoms with Crippen LogP contribution in [0.1, 0.15) is 25.8 Å². The molecule has 1 aromatic heterocycles. The lowest BCUT2D eigenvalue weighted by molar-refractivity contribution is 0.199. The highest BCUT2D eigenvalue weighted by Crippen LogP contribution is 2.24. The van der Waals surface area contributed by atoms with Crippen molar-refractivity contribution in [3.8, 4) is 0 Å². The van der Waals surface area contributed by atoms with E-state index in [1.54, 1.807) is 7.11 Å². The van der Waals surface area contributed by atoms with E-state index < -0.39 is 0 Å². The van der Waals surface area contributed by atoms with Crippen LogP contribution >= 0.6 is 0 Å². The summed E-state index contributed by atoms with van der Waals surface area (Å²) in [6.07, 6.45) is 3.32. The Bertz CT molecular complexity index is 383. The summed E-state index contributed by atoms with van der Waals surface area (Å²) < 4.78 is 5.01. The molecule has 0 aliphatic carbocycles. The Morgan fingerprint density at radius 2 is 2.05 bits per heavy atom. The van der Waals surface area contributed by atoms with Gasteiger partial charge in [-0.15, -0.1) is 0 Å². The number of ether oxygens (including phenoxy) is 1. The average Bonchev–Trinajstić information content (AvgIpc) is 2.43. The summed E-state index contributed by atoms with van der Waals surface area (Å²) in [5, 5.41) is 3.34. The predicted molar refractivity (Wildman–Crippen MR) is 83.0 cm³/mol. The second-order valence-corrected chi connectivity index (χ2v) is 6.05. The third kappa shape index (κ3) is 4.46. The van der Waals surface area contributed by atoms with E-state index in [9.17, 15) is 0 Å². The number of hydrogen-bond donors (Lipinski definition) is 1. The van der Waals surface area contributed by atoms with Gasteiger partial charge in [0.05, 0.1) is 6.61 Å². The molecule has 20 heavy (non-hydrogen) atoms. The molecule has 1 aliphatic heterocycles. The van der Waals surface area contributed by atoms with Gasteiger partial charge in [-0.1, -0.05) is 19.9 Å². The minimum absolute atomic E-state index is 0.745. The fourth-order valence-electron chi connectivity index (χ4n) is 2.97. The quantitative estimate of drug-likeness (QED) is 0.810.